The topological polar surface area (TPSA) is 135 Å². The quantitative estimate of drug-likeness (QED) is 0.275. The second-order valence-corrected chi connectivity index (χ2v) is 13.0. The van der Waals surface area contributed by atoms with Crippen molar-refractivity contribution >= 4 is 23.9 Å². The van der Waals surface area contributed by atoms with E-state index in [1.54, 1.807) is 50.3 Å². The van der Waals surface area contributed by atoms with Crippen molar-refractivity contribution in [3.05, 3.63) is 60.2 Å². The maximum absolute atomic E-state index is 13.6. The van der Waals surface area contributed by atoms with Gasteiger partial charge in [-0.1, -0.05) is 50.3 Å². The van der Waals surface area contributed by atoms with E-state index in [4.69, 9.17) is 23.7 Å². The van der Waals surface area contributed by atoms with Crippen LogP contribution in [0, 0.1) is 29.1 Å². The molecule has 1 saturated heterocycles. The maximum atomic E-state index is 13.6. The monoisotopic (exact) mass is 610 g/mol. The van der Waals surface area contributed by atoms with Gasteiger partial charge >= 0.3 is 23.9 Å². The van der Waals surface area contributed by atoms with Gasteiger partial charge < -0.3 is 28.8 Å². The highest BCUT2D eigenvalue weighted by Gasteiger charge is 2.80. The maximum Gasteiger partial charge on any atom is 0.338 e. The van der Waals surface area contributed by atoms with Crippen LogP contribution in [0.2, 0.25) is 0 Å². The predicted octanol–water partition coefficient (Wildman–Crippen LogP) is 3.95. The van der Waals surface area contributed by atoms with Crippen LogP contribution < -0.4 is 0 Å². The van der Waals surface area contributed by atoms with Crippen molar-refractivity contribution in [1.82, 2.24) is 0 Å². The molecular formula is C34H42O10. The van der Waals surface area contributed by atoms with E-state index in [1.165, 1.54) is 13.8 Å². The fraction of sp³-hybridized carbons (Fsp3) is 0.588. The average Bonchev–Trinajstić information content (AvgIpc) is 3.40. The number of ether oxygens (including phenoxy) is 5. The van der Waals surface area contributed by atoms with E-state index in [2.05, 4.69) is 6.58 Å². The summed E-state index contributed by atoms with van der Waals surface area (Å²) in [4.78, 5) is 52.0. The summed E-state index contributed by atoms with van der Waals surface area (Å²) in [6, 6.07) is 8.52. The molecule has 2 bridgehead atoms. The Labute approximate surface area is 257 Å². The Morgan fingerprint density at radius 1 is 1.00 bits per heavy atom. The highest BCUT2D eigenvalue weighted by Crippen LogP contribution is 2.68. The normalized spacial score (nSPS) is 40.2. The molecule has 0 aromatic heterocycles. The minimum Gasteiger partial charge on any atom is -0.462 e. The molecule has 0 unspecified atom stereocenters. The lowest BCUT2D eigenvalue weighted by atomic mass is 9.55. The van der Waals surface area contributed by atoms with Gasteiger partial charge in [0.2, 0.25) is 0 Å². The van der Waals surface area contributed by atoms with Crippen molar-refractivity contribution in [3.63, 3.8) is 0 Å². The van der Waals surface area contributed by atoms with Crippen LogP contribution in [0.15, 0.2) is 54.6 Å². The highest BCUT2D eigenvalue weighted by atomic mass is 16.6. The summed E-state index contributed by atoms with van der Waals surface area (Å²) in [5.41, 5.74) is -3.42. The number of hydrogen-bond donors (Lipinski definition) is 1. The van der Waals surface area contributed by atoms with Gasteiger partial charge in [-0.05, 0) is 44.4 Å². The summed E-state index contributed by atoms with van der Waals surface area (Å²) in [5.74, 6) is -4.87. The molecule has 2 saturated carbocycles. The van der Waals surface area contributed by atoms with Crippen molar-refractivity contribution < 1.29 is 48.0 Å². The molecule has 1 aliphatic heterocycles. The first-order valence-electron chi connectivity index (χ1n) is 15.2. The van der Waals surface area contributed by atoms with Crippen molar-refractivity contribution in [2.75, 3.05) is 6.61 Å². The molecule has 1 heterocycles. The fourth-order valence-electron chi connectivity index (χ4n) is 8.59. The van der Waals surface area contributed by atoms with Crippen LogP contribution in [0.5, 0.6) is 0 Å². The fourth-order valence-corrected chi connectivity index (χ4v) is 8.59. The van der Waals surface area contributed by atoms with Crippen LogP contribution in [-0.4, -0.2) is 71.2 Å². The van der Waals surface area contributed by atoms with Crippen LogP contribution in [0.3, 0.4) is 0 Å². The van der Waals surface area contributed by atoms with E-state index in [1.807, 2.05) is 19.9 Å². The highest BCUT2D eigenvalue weighted by molar-refractivity contribution is 5.89. The molecule has 3 fully saturated rings. The molecule has 5 rings (SSSR count). The third-order valence-corrected chi connectivity index (χ3v) is 10.1. The number of hydrogen-bond acceptors (Lipinski definition) is 10. The molecule has 1 N–H and O–H groups in total. The average molecular weight is 611 g/mol. The SMILES string of the molecule is C=C(C)[C@H]1C=C[C@@H](OC(=O)c2ccccc2)[C@@]23CO[C@@](C)([C@H](OC(C)=O)[C@@]4(O)C[C@H](C)[C@H](OC(=O)CC)[C@@H]4[C@H]2OC(C)=O)[C@H]13. The van der Waals surface area contributed by atoms with Crippen LogP contribution in [0.1, 0.15) is 64.7 Å². The smallest absolute Gasteiger partial charge is 0.338 e. The third kappa shape index (κ3) is 4.86. The Balaban J connectivity index is 1.79. The second-order valence-electron chi connectivity index (χ2n) is 13.0. The van der Waals surface area contributed by atoms with E-state index in [9.17, 15) is 24.3 Å². The Morgan fingerprint density at radius 2 is 1.66 bits per heavy atom. The van der Waals surface area contributed by atoms with Crippen LogP contribution in [0.25, 0.3) is 0 Å². The van der Waals surface area contributed by atoms with Gasteiger partial charge in [0, 0.05) is 32.1 Å². The Bertz CT molecular complexity index is 1370. The van der Waals surface area contributed by atoms with Crippen molar-refractivity contribution in [3.8, 4) is 0 Å². The van der Waals surface area contributed by atoms with Crippen LogP contribution in [0.4, 0.5) is 0 Å². The number of esters is 4. The largest absolute Gasteiger partial charge is 0.462 e. The zero-order valence-corrected chi connectivity index (χ0v) is 26.1. The van der Waals surface area contributed by atoms with Gasteiger partial charge in [0.1, 0.15) is 29.5 Å². The first-order chi connectivity index (χ1) is 20.7. The molecule has 11 atom stereocenters. The lowest BCUT2D eigenvalue weighted by molar-refractivity contribution is -0.236. The van der Waals surface area contributed by atoms with Gasteiger partial charge in [-0.25, -0.2) is 4.79 Å². The van der Waals surface area contributed by atoms with Gasteiger partial charge in [-0.2, -0.15) is 0 Å². The van der Waals surface area contributed by atoms with Crippen LogP contribution >= 0.6 is 0 Å². The Hall–Kier alpha value is -3.50. The molecule has 0 spiro atoms. The number of allylic oxidation sites excluding steroid dienone is 2. The second kappa shape index (κ2) is 11.5. The number of carbonyl (C=O) groups excluding carboxylic acids is 4. The number of fused-ring (bicyclic) bond motifs is 1. The summed E-state index contributed by atoms with van der Waals surface area (Å²) >= 11 is 0. The summed E-state index contributed by atoms with van der Waals surface area (Å²) < 4.78 is 31.1. The molecule has 3 aliphatic carbocycles. The van der Waals surface area contributed by atoms with Gasteiger partial charge in [-0.3, -0.25) is 14.4 Å². The van der Waals surface area contributed by atoms with Gasteiger partial charge in [0.05, 0.1) is 23.5 Å². The summed E-state index contributed by atoms with van der Waals surface area (Å²) in [7, 11) is 0. The summed E-state index contributed by atoms with van der Waals surface area (Å²) in [5, 5.41) is 12.8. The number of rotatable bonds is 7. The molecule has 10 heteroatoms. The predicted molar refractivity (Wildman–Crippen MR) is 157 cm³/mol. The van der Waals surface area contributed by atoms with Crippen molar-refractivity contribution in [1.29, 1.82) is 0 Å². The first-order valence-corrected chi connectivity index (χ1v) is 15.2. The Kier molecular flexibility index (Phi) is 8.31. The Morgan fingerprint density at radius 3 is 2.25 bits per heavy atom. The molecular weight excluding hydrogens is 568 g/mol. The summed E-state index contributed by atoms with van der Waals surface area (Å²) in [6.45, 7) is 13.8. The lowest BCUT2D eigenvalue weighted by Gasteiger charge is -2.51. The standard InChI is InChI=1S/C34H42O10/c1-8-25(37)44-27-19(4)16-34(39)26(27)29(41-20(5)35)33-17-40-32(7,31(34)42-21(6)36)28(33)23(18(2)3)14-15-24(33)43-30(38)22-12-10-9-11-13-22/h9-15,19,23-24,26-29,31,39H,2,8,16-17H2,1,3-7H3/t19-,23+,24+,26+,27-,28-,29+,31-,32+,33+,34+/m0/s1. The molecule has 1 aromatic rings. The van der Waals surface area contributed by atoms with Gasteiger partial charge in [-0.15, -0.1) is 0 Å². The zero-order chi connectivity index (χ0) is 32.2. The molecule has 10 nitrogen and oxygen atoms in total. The summed E-state index contributed by atoms with van der Waals surface area (Å²) in [6.07, 6.45) is -0.539. The van der Waals surface area contributed by atoms with E-state index in [-0.39, 0.29) is 19.4 Å². The van der Waals surface area contributed by atoms with E-state index in [0.717, 1.165) is 5.57 Å². The van der Waals surface area contributed by atoms with E-state index >= 15 is 0 Å². The molecule has 1 aromatic carbocycles. The third-order valence-electron chi connectivity index (χ3n) is 10.1. The van der Waals surface area contributed by atoms with Crippen molar-refractivity contribution in [2.45, 2.75) is 90.0 Å². The first kappa shape index (κ1) is 31.9. The number of aliphatic hydroxyl groups is 1. The van der Waals surface area contributed by atoms with E-state index in [0.29, 0.717) is 5.56 Å². The minimum absolute atomic E-state index is 0.0659. The number of benzene rings is 1. The van der Waals surface area contributed by atoms with E-state index < -0.39 is 88.6 Å². The van der Waals surface area contributed by atoms with Crippen LogP contribution in [-0.2, 0) is 38.1 Å². The molecule has 4 aliphatic rings. The molecule has 0 radical (unpaired) electrons. The molecule has 0 amide bonds. The number of carbonyl (C=O) groups is 4. The van der Waals surface area contributed by atoms with Gasteiger partial charge in [0.25, 0.3) is 0 Å². The minimum atomic E-state index is -1.85. The molecule has 238 valence electrons. The van der Waals surface area contributed by atoms with Crippen molar-refractivity contribution in [2.24, 2.45) is 29.1 Å². The zero-order valence-electron chi connectivity index (χ0n) is 26.1. The molecule has 44 heavy (non-hydrogen) atoms. The van der Waals surface area contributed by atoms with Gasteiger partial charge in [0.15, 0.2) is 6.10 Å². The lowest BCUT2D eigenvalue weighted by Crippen LogP contribution is -2.63.